The number of nitrogens with one attached hydrogen (secondary N) is 1. The first-order valence-corrected chi connectivity index (χ1v) is 16.7. The van der Waals surface area contributed by atoms with E-state index in [4.69, 9.17) is 5.73 Å². The predicted octanol–water partition coefficient (Wildman–Crippen LogP) is 2.74. The average Bonchev–Trinajstić information content (AvgIpc) is 3.53. The van der Waals surface area contributed by atoms with E-state index in [0.717, 1.165) is 10.5 Å². The molecule has 2 rings (SSSR count). The van der Waals surface area contributed by atoms with Crippen molar-refractivity contribution in [2.45, 2.75) is 110 Å². The molecule has 1 aliphatic heterocycles. The highest BCUT2D eigenvalue weighted by Crippen LogP contribution is 2.43. The molecule has 11 nitrogen and oxygen atoms in total. The normalized spacial score (nSPS) is 20.2. The summed E-state index contributed by atoms with van der Waals surface area (Å²) < 4.78 is 0. The number of Topliss-reactive ketones (excluding diaryl/α,β-unsaturated/α-hetero) is 1. The Morgan fingerprint density at radius 2 is 1.65 bits per heavy atom. The number of benzene rings is 1. The first-order chi connectivity index (χ1) is 21.5. The van der Waals surface area contributed by atoms with Crippen LogP contribution in [0.3, 0.4) is 0 Å². The number of amides is 4. The number of primary amides is 1. The molecule has 1 heterocycles. The first-order valence-electron chi connectivity index (χ1n) is 16.7. The Morgan fingerprint density at radius 1 is 1.04 bits per heavy atom. The highest BCUT2D eigenvalue weighted by Gasteiger charge is 2.63. The minimum Gasteiger partial charge on any atom is -0.368 e. The van der Waals surface area contributed by atoms with Crippen molar-refractivity contribution < 1.29 is 29.1 Å². The Labute approximate surface area is 275 Å². The summed E-state index contributed by atoms with van der Waals surface area (Å²) in [6.45, 7) is 11.2. The smallest absolute Gasteiger partial charge is 0.277 e. The summed E-state index contributed by atoms with van der Waals surface area (Å²) in [4.78, 5) is 73.2. The molecule has 4 N–H and O–H groups in total. The van der Waals surface area contributed by atoms with E-state index < -0.39 is 52.9 Å². The van der Waals surface area contributed by atoms with Crippen LogP contribution in [0.5, 0.6) is 0 Å². The lowest BCUT2D eigenvalue weighted by Crippen LogP contribution is -2.72. The van der Waals surface area contributed by atoms with Gasteiger partial charge in [0, 0.05) is 26.4 Å². The summed E-state index contributed by atoms with van der Waals surface area (Å²) in [5.41, 5.74) is 2.13. The molecule has 1 saturated heterocycles. The van der Waals surface area contributed by atoms with Crippen LogP contribution in [0.4, 0.5) is 0 Å². The van der Waals surface area contributed by atoms with Crippen LogP contribution in [0, 0.1) is 17.3 Å². The molecule has 1 aromatic rings. The molecule has 7 unspecified atom stereocenters. The molecule has 0 aromatic heterocycles. The fourth-order valence-corrected chi connectivity index (χ4v) is 6.48. The second-order valence-electron chi connectivity index (χ2n) is 13.5. The molecule has 46 heavy (non-hydrogen) atoms. The third kappa shape index (κ3) is 8.15. The number of likely N-dealkylation sites (tertiary alicyclic amines) is 1. The van der Waals surface area contributed by atoms with E-state index in [1.165, 1.54) is 11.9 Å². The highest BCUT2D eigenvalue weighted by atomic mass is 16.3. The number of aliphatic hydroxyl groups is 1. The van der Waals surface area contributed by atoms with Crippen molar-refractivity contribution in [1.29, 1.82) is 0 Å². The molecule has 1 aliphatic rings. The zero-order valence-electron chi connectivity index (χ0n) is 29.3. The van der Waals surface area contributed by atoms with Gasteiger partial charge in [-0.2, -0.15) is 0 Å². The van der Waals surface area contributed by atoms with Crippen LogP contribution in [0.25, 0.3) is 0 Å². The minimum absolute atomic E-state index is 0.0202. The van der Waals surface area contributed by atoms with Gasteiger partial charge in [0.2, 0.25) is 23.4 Å². The number of hydrogen-bond acceptors (Lipinski definition) is 7. The summed E-state index contributed by atoms with van der Waals surface area (Å²) in [5, 5.41) is 15.5. The first kappa shape index (κ1) is 38.9. The molecule has 4 amide bonds. The summed E-state index contributed by atoms with van der Waals surface area (Å²) in [6.07, 6.45) is 2.42. The second-order valence-corrected chi connectivity index (χ2v) is 13.5. The van der Waals surface area contributed by atoms with E-state index in [9.17, 15) is 29.1 Å². The van der Waals surface area contributed by atoms with E-state index in [2.05, 4.69) is 5.32 Å². The average molecular weight is 644 g/mol. The van der Waals surface area contributed by atoms with Crippen molar-refractivity contribution in [2.24, 2.45) is 23.0 Å². The van der Waals surface area contributed by atoms with Gasteiger partial charge in [-0.15, -0.1) is 0 Å². The molecule has 0 saturated carbocycles. The minimum atomic E-state index is -2.60. The van der Waals surface area contributed by atoms with E-state index in [1.54, 1.807) is 32.8 Å². The Balaban J connectivity index is 2.60. The van der Waals surface area contributed by atoms with E-state index in [1.807, 2.05) is 58.0 Å². The molecule has 7 atom stereocenters. The summed E-state index contributed by atoms with van der Waals surface area (Å²) >= 11 is 0. The van der Waals surface area contributed by atoms with Gasteiger partial charge in [-0.05, 0) is 57.7 Å². The van der Waals surface area contributed by atoms with Gasteiger partial charge in [0.25, 0.3) is 5.91 Å². The summed E-state index contributed by atoms with van der Waals surface area (Å²) in [5.74, 6) is -3.14. The molecule has 258 valence electrons. The number of hydrogen-bond donors (Lipinski definition) is 3. The van der Waals surface area contributed by atoms with Crippen molar-refractivity contribution in [2.75, 3.05) is 27.7 Å². The van der Waals surface area contributed by atoms with Crippen LogP contribution in [0.2, 0.25) is 0 Å². The number of nitrogens with two attached hydrogens (primary N) is 1. The number of ketones is 1. The molecule has 0 bridgehead atoms. The van der Waals surface area contributed by atoms with Crippen molar-refractivity contribution in [3.63, 3.8) is 0 Å². The van der Waals surface area contributed by atoms with E-state index in [0.29, 0.717) is 19.3 Å². The van der Waals surface area contributed by atoms with Crippen molar-refractivity contribution in [1.82, 2.24) is 20.0 Å². The molecule has 0 spiro atoms. The zero-order chi connectivity index (χ0) is 35.0. The summed E-state index contributed by atoms with van der Waals surface area (Å²) in [7, 11) is 4.94. The fraction of sp³-hybridized carbons (Fsp3) is 0.686. The maximum Gasteiger partial charge on any atom is 0.277 e. The summed E-state index contributed by atoms with van der Waals surface area (Å²) in [6, 6.07) is 6.43. The van der Waals surface area contributed by atoms with Gasteiger partial charge in [0.05, 0.1) is 11.5 Å². The van der Waals surface area contributed by atoms with Gasteiger partial charge in [-0.1, -0.05) is 77.8 Å². The molecule has 0 aliphatic carbocycles. The van der Waals surface area contributed by atoms with Crippen LogP contribution in [-0.2, 0) is 30.4 Å². The lowest BCUT2D eigenvalue weighted by molar-refractivity contribution is -0.210. The Bertz CT molecular complexity index is 1230. The number of rotatable bonds is 17. The molecule has 0 radical (unpaired) electrons. The molecule has 11 heteroatoms. The lowest BCUT2D eigenvalue weighted by Gasteiger charge is -2.51. The van der Waals surface area contributed by atoms with Gasteiger partial charge >= 0.3 is 0 Å². The third-order valence-corrected chi connectivity index (χ3v) is 10.2. The van der Waals surface area contributed by atoms with Gasteiger partial charge in [0.1, 0.15) is 12.1 Å². The molecular weight excluding hydrogens is 586 g/mol. The molecule has 1 fully saturated rings. The monoisotopic (exact) mass is 643 g/mol. The van der Waals surface area contributed by atoms with Crippen LogP contribution < -0.4 is 11.1 Å². The number of carbonyl (C=O) groups is 5. The topological polar surface area (TPSA) is 153 Å². The van der Waals surface area contributed by atoms with E-state index >= 15 is 0 Å². The SMILES string of the molecule is CCC(C)CC(=O)N(C)C(O)(C(=O)N1CCCC1C(=O)NC(Cc1ccccc1)C(N)=O)C(C)(CC)C(=O)C(C(C)CC)N(C)C. The van der Waals surface area contributed by atoms with Crippen molar-refractivity contribution in [3.05, 3.63) is 35.9 Å². The Hall–Kier alpha value is -3.31. The predicted molar refractivity (Wildman–Crippen MR) is 178 cm³/mol. The third-order valence-electron chi connectivity index (χ3n) is 10.2. The van der Waals surface area contributed by atoms with Crippen LogP contribution in [-0.4, -0.2) is 101 Å². The van der Waals surface area contributed by atoms with Crippen LogP contribution in [0.1, 0.15) is 85.6 Å². The quantitative estimate of drug-likeness (QED) is 0.221. The molecular formula is C35H57N5O6. The molecule has 1 aromatic carbocycles. The van der Waals surface area contributed by atoms with Crippen molar-refractivity contribution >= 4 is 29.4 Å². The van der Waals surface area contributed by atoms with Gasteiger partial charge in [-0.25, -0.2) is 0 Å². The zero-order valence-corrected chi connectivity index (χ0v) is 29.3. The lowest BCUT2D eigenvalue weighted by atomic mass is 9.67. The van der Waals surface area contributed by atoms with Crippen LogP contribution >= 0.6 is 0 Å². The number of nitrogens with zero attached hydrogens (tertiary/aromatic N) is 3. The maximum absolute atomic E-state index is 14.8. The van der Waals surface area contributed by atoms with E-state index in [-0.39, 0.29) is 49.8 Å². The number of likely N-dealkylation sites (N-methyl/N-ethyl adjacent to an activating group) is 2. The van der Waals surface area contributed by atoms with Crippen LogP contribution in [0.15, 0.2) is 30.3 Å². The standard InChI is InChI=1S/C35H57N5O6/c1-10-23(4)21-28(41)39(9)35(46,34(6,12-3)30(42)29(38(7)8)24(5)11-2)33(45)40-20-16-19-27(40)32(44)37-26(31(36)43)22-25-17-14-13-15-18-25/h13-15,17-18,23-24,26-27,29,46H,10-12,16,19-22H2,1-9H3,(H2,36,43)(H,37,44). The maximum atomic E-state index is 14.8. The second kappa shape index (κ2) is 16.5. The van der Waals surface area contributed by atoms with Gasteiger partial charge in [-0.3, -0.25) is 28.9 Å². The highest BCUT2D eigenvalue weighted by molar-refractivity contribution is 6.02. The van der Waals surface area contributed by atoms with Gasteiger partial charge < -0.3 is 26.0 Å². The Morgan fingerprint density at radius 3 is 2.15 bits per heavy atom. The fourth-order valence-electron chi connectivity index (χ4n) is 6.48. The number of carbonyl (C=O) groups excluding carboxylic acids is 5. The Kier molecular flexibility index (Phi) is 13.9. The van der Waals surface area contributed by atoms with Gasteiger partial charge in [0.15, 0.2) is 5.78 Å². The van der Waals surface area contributed by atoms with Crippen molar-refractivity contribution in [3.8, 4) is 0 Å². The largest absolute Gasteiger partial charge is 0.368 e.